The third-order valence-corrected chi connectivity index (χ3v) is 4.97. The normalized spacial score (nSPS) is 15.7. The van der Waals surface area contributed by atoms with Gasteiger partial charge >= 0.3 is 0 Å². The van der Waals surface area contributed by atoms with Crippen LogP contribution in [0.3, 0.4) is 0 Å². The maximum absolute atomic E-state index is 12.7. The molecule has 5 nitrogen and oxygen atoms in total. The van der Waals surface area contributed by atoms with Crippen molar-refractivity contribution in [3.8, 4) is 11.5 Å². The first-order valence-electron chi connectivity index (χ1n) is 8.04. The van der Waals surface area contributed by atoms with E-state index in [4.69, 9.17) is 9.47 Å². The van der Waals surface area contributed by atoms with E-state index in [9.17, 15) is 9.59 Å². The van der Waals surface area contributed by atoms with Gasteiger partial charge in [-0.05, 0) is 48.5 Å². The highest BCUT2D eigenvalue weighted by atomic mass is 32.2. The average Bonchev–Trinajstić information content (AvgIpc) is 2.90. The van der Waals surface area contributed by atoms with Crippen molar-refractivity contribution in [1.29, 1.82) is 0 Å². The summed E-state index contributed by atoms with van der Waals surface area (Å²) in [5.74, 6) is 0.956. The van der Waals surface area contributed by atoms with Crippen LogP contribution in [0.1, 0.15) is 16.7 Å². The van der Waals surface area contributed by atoms with Crippen molar-refractivity contribution >= 4 is 29.0 Å². The lowest BCUT2D eigenvalue weighted by Gasteiger charge is -2.12. The van der Waals surface area contributed by atoms with Gasteiger partial charge in [-0.15, -0.1) is 0 Å². The molecule has 1 heterocycles. The van der Waals surface area contributed by atoms with Crippen molar-refractivity contribution in [1.82, 2.24) is 4.90 Å². The molecule has 0 unspecified atom stereocenters. The SMILES string of the molecule is COc1ccc(OC)c(/C=C2\SC(=O)N(Cc3ccc(C)cc3)C2=O)c1. The number of ether oxygens (including phenoxy) is 2. The first-order valence-corrected chi connectivity index (χ1v) is 8.86. The molecule has 0 spiro atoms. The molecular formula is C20H19NO4S. The Kier molecular flexibility index (Phi) is 5.32. The minimum absolute atomic E-state index is 0.261. The number of imide groups is 1. The van der Waals surface area contributed by atoms with Crippen LogP contribution in [0.4, 0.5) is 4.79 Å². The molecule has 1 aliphatic rings. The largest absolute Gasteiger partial charge is 0.497 e. The summed E-state index contributed by atoms with van der Waals surface area (Å²) >= 11 is 0.934. The van der Waals surface area contributed by atoms with E-state index in [1.807, 2.05) is 31.2 Å². The maximum Gasteiger partial charge on any atom is 0.293 e. The van der Waals surface area contributed by atoms with Gasteiger partial charge in [0.25, 0.3) is 11.1 Å². The highest BCUT2D eigenvalue weighted by Crippen LogP contribution is 2.35. The van der Waals surface area contributed by atoms with Crippen molar-refractivity contribution in [2.24, 2.45) is 0 Å². The first-order chi connectivity index (χ1) is 12.5. The predicted molar refractivity (Wildman–Crippen MR) is 102 cm³/mol. The molecule has 134 valence electrons. The van der Waals surface area contributed by atoms with Crippen LogP contribution >= 0.6 is 11.8 Å². The molecule has 2 aromatic carbocycles. The zero-order valence-electron chi connectivity index (χ0n) is 14.8. The van der Waals surface area contributed by atoms with Crippen molar-refractivity contribution in [2.45, 2.75) is 13.5 Å². The van der Waals surface area contributed by atoms with Gasteiger partial charge < -0.3 is 9.47 Å². The lowest BCUT2D eigenvalue weighted by molar-refractivity contribution is -0.123. The first kappa shape index (κ1) is 18.1. The predicted octanol–water partition coefficient (Wildman–Crippen LogP) is 4.25. The van der Waals surface area contributed by atoms with Crippen LogP contribution in [0.5, 0.6) is 11.5 Å². The lowest BCUT2D eigenvalue weighted by Crippen LogP contribution is -2.27. The van der Waals surface area contributed by atoms with Gasteiger partial charge in [0.15, 0.2) is 0 Å². The fourth-order valence-corrected chi connectivity index (χ4v) is 3.43. The number of amides is 2. The zero-order valence-corrected chi connectivity index (χ0v) is 15.6. The summed E-state index contributed by atoms with van der Waals surface area (Å²) in [7, 11) is 3.13. The summed E-state index contributed by atoms with van der Waals surface area (Å²) in [6.45, 7) is 2.26. The number of benzene rings is 2. The summed E-state index contributed by atoms with van der Waals surface area (Å²) in [5, 5.41) is -0.274. The number of nitrogens with zero attached hydrogens (tertiary/aromatic N) is 1. The van der Waals surface area contributed by atoms with Crippen molar-refractivity contribution in [3.05, 3.63) is 64.1 Å². The van der Waals surface area contributed by atoms with E-state index in [1.54, 1.807) is 38.5 Å². The van der Waals surface area contributed by atoms with Crippen molar-refractivity contribution in [2.75, 3.05) is 14.2 Å². The summed E-state index contributed by atoms with van der Waals surface area (Å²) in [5.41, 5.74) is 2.73. The minimum Gasteiger partial charge on any atom is -0.497 e. The lowest BCUT2D eigenvalue weighted by atomic mass is 10.1. The fourth-order valence-electron chi connectivity index (χ4n) is 2.61. The second-order valence-corrected chi connectivity index (χ2v) is 6.85. The molecule has 0 aliphatic carbocycles. The third kappa shape index (κ3) is 3.75. The standard InChI is InChI=1S/C20H19NO4S/c1-13-4-6-14(7-5-13)12-21-19(22)18(26-20(21)23)11-15-10-16(24-2)8-9-17(15)25-3/h4-11H,12H2,1-3H3/b18-11-. The number of hydrogen-bond acceptors (Lipinski definition) is 5. The molecule has 2 amide bonds. The molecular weight excluding hydrogens is 350 g/mol. The average molecular weight is 369 g/mol. The molecule has 2 aromatic rings. The summed E-state index contributed by atoms with van der Waals surface area (Å²) in [6, 6.07) is 13.1. The van der Waals surface area contributed by atoms with E-state index in [0.717, 1.165) is 22.9 Å². The van der Waals surface area contributed by atoms with E-state index in [2.05, 4.69) is 0 Å². The Morgan fingerprint density at radius 2 is 1.77 bits per heavy atom. The number of rotatable bonds is 5. The molecule has 0 radical (unpaired) electrons. The molecule has 6 heteroatoms. The van der Waals surface area contributed by atoms with Crippen LogP contribution < -0.4 is 9.47 Å². The second-order valence-electron chi connectivity index (χ2n) is 5.86. The molecule has 0 bridgehead atoms. The van der Waals surface area contributed by atoms with Crippen LogP contribution in [-0.4, -0.2) is 30.3 Å². The number of carbonyl (C=O) groups is 2. The fraction of sp³-hybridized carbons (Fsp3) is 0.200. The summed E-state index contributed by atoms with van der Waals surface area (Å²) < 4.78 is 10.6. The van der Waals surface area contributed by atoms with Crippen LogP contribution in [0, 0.1) is 6.92 Å². The van der Waals surface area contributed by atoms with Gasteiger partial charge in [-0.3, -0.25) is 14.5 Å². The van der Waals surface area contributed by atoms with Gasteiger partial charge in [0.05, 0.1) is 25.7 Å². The van der Waals surface area contributed by atoms with Crippen molar-refractivity contribution < 1.29 is 19.1 Å². The smallest absolute Gasteiger partial charge is 0.293 e. The van der Waals surface area contributed by atoms with E-state index >= 15 is 0 Å². The molecule has 1 fully saturated rings. The molecule has 3 rings (SSSR count). The third-order valence-electron chi connectivity index (χ3n) is 4.06. The van der Waals surface area contributed by atoms with Gasteiger partial charge in [0.1, 0.15) is 11.5 Å². The molecule has 1 saturated heterocycles. The van der Waals surface area contributed by atoms with E-state index in [0.29, 0.717) is 22.0 Å². The van der Waals surface area contributed by atoms with Gasteiger partial charge in [-0.25, -0.2) is 0 Å². The molecule has 0 saturated carbocycles. The maximum atomic E-state index is 12.7. The topological polar surface area (TPSA) is 55.8 Å². The Bertz CT molecular complexity index is 874. The highest BCUT2D eigenvalue weighted by Gasteiger charge is 2.35. The van der Waals surface area contributed by atoms with Crippen molar-refractivity contribution in [3.63, 3.8) is 0 Å². The number of hydrogen-bond donors (Lipinski definition) is 0. The number of aryl methyl sites for hydroxylation is 1. The summed E-state index contributed by atoms with van der Waals surface area (Å²) in [6.07, 6.45) is 1.67. The van der Waals surface area contributed by atoms with Gasteiger partial charge in [0, 0.05) is 5.56 Å². The van der Waals surface area contributed by atoms with Crippen LogP contribution in [0.25, 0.3) is 6.08 Å². The van der Waals surface area contributed by atoms with Gasteiger partial charge in [0.2, 0.25) is 0 Å². The molecule has 0 atom stereocenters. The Hall–Kier alpha value is -2.73. The molecule has 26 heavy (non-hydrogen) atoms. The van der Waals surface area contributed by atoms with Gasteiger partial charge in [-0.2, -0.15) is 0 Å². The minimum atomic E-state index is -0.301. The monoisotopic (exact) mass is 369 g/mol. The summed E-state index contributed by atoms with van der Waals surface area (Å²) in [4.78, 5) is 26.6. The number of thioether (sulfide) groups is 1. The zero-order chi connectivity index (χ0) is 18.7. The Balaban J connectivity index is 1.86. The van der Waals surface area contributed by atoms with Crippen LogP contribution in [0.2, 0.25) is 0 Å². The van der Waals surface area contributed by atoms with E-state index < -0.39 is 0 Å². The van der Waals surface area contributed by atoms with Gasteiger partial charge in [-0.1, -0.05) is 29.8 Å². The Morgan fingerprint density at radius 1 is 1.04 bits per heavy atom. The van der Waals surface area contributed by atoms with E-state index in [1.165, 1.54) is 4.90 Å². The van der Waals surface area contributed by atoms with Crippen LogP contribution in [-0.2, 0) is 11.3 Å². The Labute approximate surface area is 156 Å². The Morgan fingerprint density at radius 3 is 2.42 bits per heavy atom. The molecule has 0 aromatic heterocycles. The van der Waals surface area contributed by atoms with Crippen LogP contribution in [0.15, 0.2) is 47.4 Å². The highest BCUT2D eigenvalue weighted by molar-refractivity contribution is 8.18. The molecule has 0 N–H and O–H groups in total. The second kappa shape index (κ2) is 7.66. The van der Waals surface area contributed by atoms with E-state index in [-0.39, 0.29) is 17.7 Å². The number of methoxy groups -OCH3 is 2. The quantitative estimate of drug-likeness (QED) is 0.738. The molecule has 1 aliphatic heterocycles. The number of carbonyl (C=O) groups excluding carboxylic acids is 2.